The number of hydrogen-bond donors (Lipinski definition) is 1. The second-order valence-corrected chi connectivity index (χ2v) is 7.55. The average Bonchev–Trinajstić information content (AvgIpc) is 2.75. The molecular formula is C23H29ClN2O4. The third-order valence-electron chi connectivity index (χ3n) is 4.84. The van der Waals surface area contributed by atoms with E-state index in [1.807, 2.05) is 38.1 Å². The van der Waals surface area contributed by atoms with Gasteiger partial charge in [-0.25, -0.2) is 0 Å². The molecule has 0 heterocycles. The van der Waals surface area contributed by atoms with Crippen LogP contribution in [0.1, 0.15) is 32.8 Å². The molecule has 0 aliphatic rings. The van der Waals surface area contributed by atoms with Gasteiger partial charge < -0.3 is 19.7 Å². The Morgan fingerprint density at radius 3 is 2.40 bits per heavy atom. The molecule has 0 saturated heterocycles. The fraction of sp³-hybridized carbons (Fsp3) is 0.391. The lowest BCUT2D eigenvalue weighted by Gasteiger charge is -2.29. The lowest BCUT2D eigenvalue weighted by molar-refractivity contribution is -0.142. The Morgan fingerprint density at radius 1 is 1.10 bits per heavy atom. The summed E-state index contributed by atoms with van der Waals surface area (Å²) in [6, 6.07) is 13.6. The van der Waals surface area contributed by atoms with Crippen LogP contribution in [0.2, 0.25) is 5.02 Å². The van der Waals surface area contributed by atoms with Crippen LogP contribution in [0.4, 0.5) is 0 Å². The average molecular weight is 433 g/mol. The Morgan fingerprint density at radius 2 is 1.80 bits per heavy atom. The van der Waals surface area contributed by atoms with Crippen LogP contribution in [0.15, 0.2) is 48.5 Å². The largest absolute Gasteiger partial charge is 0.497 e. The molecule has 6 nitrogen and oxygen atoms in total. The molecule has 0 spiro atoms. The molecule has 7 heteroatoms. The third kappa shape index (κ3) is 6.95. The van der Waals surface area contributed by atoms with Gasteiger partial charge in [0.25, 0.3) is 5.91 Å². The van der Waals surface area contributed by atoms with Gasteiger partial charge >= 0.3 is 0 Å². The van der Waals surface area contributed by atoms with Crippen molar-refractivity contribution in [1.29, 1.82) is 0 Å². The molecule has 2 amide bonds. The number of halogens is 1. The van der Waals surface area contributed by atoms with Gasteiger partial charge in [0.05, 0.1) is 7.11 Å². The van der Waals surface area contributed by atoms with E-state index in [2.05, 4.69) is 5.32 Å². The van der Waals surface area contributed by atoms with Gasteiger partial charge in [-0.3, -0.25) is 9.59 Å². The molecular weight excluding hydrogens is 404 g/mol. The molecule has 1 N–H and O–H groups in total. The molecule has 0 saturated carbocycles. The Labute approximate surface area is 183 Å². The highest BCUT2D eigenvalue weighted by Crippen LogP contribution is 2.18. The van der Waals surface area contributed by atoms with Crippen molar-refractivity contribution in [3.05, 3.63) is 59.1 Å². The summed E-state index contributed by atoms with van der Waals surface area (Å²) in [4.78, 5) is 27.2. The SMILES string of the molecule is CC[C@H](C)NC(=O)[C@H](C)N(Cc1ccc(OC)cc1)C(=O)COc1cccc(Cl)c1. The van der Waals surface area contributed by atoms with Crippen molar-refractivity contribution in [2.75, 3.05) is 13.7 Å². The molecule has 0 bridgehead atoms. The quantitative estimate of drug-likeness (QED) is 0.614. The molecule has 162 valence electrons. The minimum Gasteiger partial charge on any atom is -0.497 e. The van der Waals surface area contributed by atoms with Crippen molar-refractivity contribution >= 4 is 23.4 Å². The molecule has 30 heavy (non-hydrogen) atoms. The van der Waals surface area contributed by atoms with Gasteiger partial charge in [0, 0.05) is 17.6 Å². The molecule has 0 unspecified atom stereocenters. The summed E-state index contributed by atoms with van der Waals surface area (Å²) in [6.07, 6.45) is 0.808. The van der Waals surface area contributed by atoms with E-state index in [-0.39, 0.29) is 31.0 Å². The predicted molar refractivity (Wildman–Crippen MR) is 118 cm³/mol. The van der Waals surface area contributed by atoms with E-state index in [1.165, 1.54) is 4.90 Å². The van der Waals surface area contributed by atoms with Gasteiger partial charge in [0.2, 0.25) is 5.91 Å². The van der Waals surface area contributed by atoms with Gasteiger partial charge in [-0.2, -0.15) is 0 Å². The minimum absolute atomic E-state index is 0.0283. The second kappa shape index (κ2) is 11.5. The normalized spacial score (nSPS) is 12.6. The molecule has 0 radical (unpaired) electrons. The molecule has 0 aliphatic carbocycles. The Kier molecular flexibility index (Phi) is 8.99. The number of carbonyl (C=O) groups is 2. The number of rotatable bonds is 10. The molecule has 2 aromatic carbocycles. The van der Waals surface area contributed by atoms with Crippen molar-refractivity contribution in [3.8, 4) is 11.5 Å². The van der Waals surface area contributed by atoms with E-state index < -0.39 is 6.04 Å². The van der Waals surface area contributed by atoms with E-state index in [0.717, 1.165) is 17.7 Å². The van der Waals surface area contributed by atoms with Gasteiger partial charge in [-0.15, -0.1) is 0 Å². The minimum atomic E-state index is -0.656. The van der Waals surface area contributed by atoms with Crippen LogP contribution < -0.4 is 14.8 Å². The highest BCUT2D eigenvalue weighted by molar-refractivity contribution is 6.30. The van der Waals surface area contributed by atoms with Crippen LogP contribution >= 0.6 is 11.6 Å². The Hall–Kier alpha value is -2.73. The first-order valence-electron chi connectivity index (χ1n) is 9.95. The number of benzene rings is 2. The predicted octanol–water partition coefficient (Wildman–Crippen LogP) is 4.06. The van der Waals surface area contributed by atoms with Crippen molar-refractivity contribution < 1.29 is 19.1 Å². The number of hydrogen-bond acceptors (Lipinski definition) is 4. The maximum Gasteiger partial charge on any atom is 0.261 e. The first kappa shape index (κ1) is 23.5. The highest BCUT2D eigenvalue weighted by Gasteiger charge is 2.27. The standard InChI is InChI=1S/C23H29ClN2O4/c1-5-16(2)25-23(28)17(3)26(14-18-9-11-20(29-4)12-10-18)22(27)15-30-21-8-6-7-19(24)13-21/h6-13,16-17H,5,14-15H2,1-4H3,(H,25,28)/t16-,17-/m0/s1. The number of methoxy groups -OCH3 is 1. The van der Waals surface area contributed by atoms with Crippen molar-refractivity contribution in [2.45, 2.75) is 45.8 Å². The second-order valence-electron chi connectivity index (χ2n) is 7.11. The van der Waals surface area contributed by atoms with Crippen molar-refractivity contribution in [1.82, 2.24) is 10.2 Å². The lowest BCUT2D eigenvalue weighted by Crippen LogP contribution is -2.50. The monoisotopic (exact) mass is 432 g/mol. The van der Waals surface area contributed by atoms with Gasteiger partial charge in [-0.05, 0) is 56.2 Å². The molecule has 2 rings (SSSR count). The summed E-state index contributed by atoms with van der Waals surface area (Å²) >= 11 is 5.97. The molecule has 0 aliphatic heterocycles. The maximum absolute atomic E-state index is 13.0. The lowest BCUT2D eigenvalue weighted by atomic mass is 10.1. The first-order chi connectivity index (χ1) is 14.3. The number of ether oxygens (including phenoxy) is 2. The number of nitrogens with zero attached hydrogens (tertiary/aromatic N) is 1. The topological polar surface area (TPSA) is 67.9 Å². The van der Waals surface area contributed by atoms with E-state index in [0.29, 0.717) is 10.8 Å². The summed E-state index contributed by atoms with van der Waals surface area (Å²) in [5.74, 6) is 0.729. The zero-order valence-corrected chi connectivity index (χ0v) is 18.6. The van der Waals surface area contributed by atoms with Gasteiger partial charge in [-0.1, -0.05) is 36.7 Å². The molecule has 0 aromatic heterocycles. The Bertz CT molecular complexity index is 841. The van der Waals surface area contributed by atoms with Crippen LogP contribution in [-0.2, 0) is 16.1 Å². The Balaban J connectivity index is 2.15. The van der Waals surface area contributed by atoms with E-state index in [1.54, 1.807) is 38.3 Å². The van der Waals surface area contributed by atoms with Crippen LogP contribution in [0.25, 0.3) is 0 Å². The molecule has 2 atom stereocenters. The smallest absolute Gasteiger partial charge is 0.261 e. The fourth-order valence-corrected chi connectivity index (χ4v) is 2.94. The zero-order chi connectivity index (χ0) is 22.1. The maximum atomic E-state index is 13.0. The number of carbonyl (C=O) groups excluding carboxylic acids is 2. The van der Waals surface area contributed by atoms with Crippen LogP contribution in [-0.4, -0.2) is 42.5 Å². The van der Waals surface area contributed by atoms with E-state index >= 15 is 0 Å². The summed E-state index contributed by atoms with van der Waals surface area (Å²) in [5.41, 5.74) is 0.884. The van der Waals surface area contributed by atoms with Crippen molar-refractivity contribution in [3.63, 3.8) is 0 Å². The van der Waals surface area contributed by atoms with Gasteiger partial charge in [0.1, 0.15) is 17.5 Å². The number of amides is 2. The van der Waals surface area contributed by atoms with E-state index in [4.69, 9.17) is 21.1 Å². The summed E-state index contributed by atoms with van der Waals surface area (Å²) in [6.45, 7) is 5.73. The highest BCUT2D eigenvalue weighted by atomic mass is 35.5. The number of nitrogens with one attached hydrogen (secondary N) is 1. The summed E-state index contributed by atoms with van der Waals surface area (Å²) in [5, 5.41) is 3.46. The van der Waals surface area contributed by atoms with Crippen LogP contribution in [0, 0.1) is 0 Å². The fourth-order valence-electron chi connectivity index (χ4n) is 2.76. The van der Waals surface area contributed by atoms with Crippen LogP contribution in [0.3, 0.4) is 0 Å². The molecule has 0 fully saturated rings. The van der Waals surface area contributed by atoms with Crippen molar-refractivity contribution in [2.24, 2.45) is 0 Å². The third-order valence-corrected chi connectivity index (χ3v) is 5.07. The van der Waals surface area contributed by atoms with Gasteiger partial charge in [0.15, 0.2) is 6.61 Å². The first-order valence-corrected chi connectivity index (χ1v) is 10.3. The zero-order valence-electron chi connectivity index (χ0n) is 17.9. The summed E-state index contributed by atoms with van der Waals surface area (Å²) < 4.78 is 10.8. The van der Waals surface area contributed by atoms with Crippen LogP contribution in [0.5, 0.6) is 11.5 Å². The molecule has 2 aromatic rings. The summed E-state index contributed by atoms with van der Waals surface area (Å²) in [7, 11) is 1.60. The van der Waals surface area contributed by atoms with E-state index in [9.17, 15) is 9.59 Å².